The van der Waals surface area contributed by atoms with Gasteiger partial charge in [0.15, 0.2) is 23.3 Å². The highest BCUT2D eigenvalue weighted by Gasteiger charge is 2.19. The van der Waals surface area contributed by atoms with E-state index in [4.69, 9.17) is 0 Å². The van der Waals surface area contributed by atoms with Gasteiger partial charge in [0, 0.05) is 12.6 Å². The van der Waals surface area contributed by atoms with Crippen LogP contribution in [0.25, 0.3) is 0 Å². The summed E-state index contributed by atoms with van der Waals surface area (Å²) < 4.78 is 53.1. The Morgan fingerprint density at radius 3 is 2.20 bits per heavy atom. The summed E-state index contributed by atoms with van der Waals surface area (Å²) in [6.45, 7) is 2.46. The average Bonchev–Trinajstić information content (AvgIpc) is 2.42. The van der Waals surface area contributed by atoms with E-state index in [9.17, 15) is 17.6 Å². The molecule has 106 valence electrons. The molecule has 2 N–H and O–H groups in total. The Bertz CT molecular complexity index is 605. The molecule has 0 fully saturated rings. The molecule has 0 radical (unpaired) electrons. The Labute approximate surface area is 112 Å². The number of aromatic nitrogens is 1. The Morgan fingerprint density at radius 1 is 1.00 bits per heavy atom. The van der Waals surface area contributed by atoms with Crippen molar-refractivity contribution in [1.29, 1.82) is 0 Å². The molecule has 0 amide bonds. The molecule has 0 bridgehead atoms. The van der Waals surface area contributed by atoms with Gasteiger partial charge in [0.05, 0.1) is 0 Å². The molecule has 3 nitrogen and oxygen atoms in total. The van der Waals surface area contributed by atoms with E-state index < -0.39 is 29.0 Å². The van der Waals surface area contributed by atoms with Gasteiger partial charge in [0.1, 0.15) is 17.3 Å². The second-order valence-corrected chi connectivity index (χ2v) is 3.91. The second kappa shape index (κ2) is 5.77. The lowest BCUT2D eigenvalue weighted by Crippen LogP contribution is -2.05. The van der Waals surface area contributed by atoms with Crippen molar-refractivity contribution in [1.82, 2.24) is 4.98 Å². The van der Waals surface area contributed by atoms with Gasteiger partial charge in [-0.05, 0) is 19.1 Å². The molecule has 0 unspecified atom stereocenters. The van der Waals surface area contributed by atoms with Gasteiger partial charge in [-0.3, -0.25) is 0 Å². The number of nitrogens with zero attached hydrogens (tertiary/aromatic N) is 1. The Balaban J connectivity index is 2.37. The first-order valence-electron chi connectivity index (χ1n) is 5.84. The lowest BCUT2D eigenvalue weighted by molar-refractivity contribution is 0.459. The third kappa shape index (κ3) is 2.81. The van der Waals surface area contributed by atoms with Crippen molar-refractivity contribution in [3.63, 3.8) is 0 Å². The van der Waals surface area contributed by atoms with Gasteiger partial charge < -0.3 is 10.6 Å². The van der Waals surface area contributed by atoms with E-state index >= 15 is 0 Å². The molecule has 0 saturated carbocycles. The average molecular weight is 285 g/mol. The van der Waals surface area contributed by atoms with Crippen molar-refractivity contribution in [2.45, 2.75) is 6.92 Å². The highest BCUT2D eigenvalue weighted by molar-refractivity contribution is 5.59. The molecule has 0 aliphatic rings. The molecule has 7 heteroatoms. The van der Waals surface area contributed by atoms with E-state index in [2.05, 4.69) is 15.6 Å². The van der Waals surface area contributed by atoms with E-state index in [0.717, 1.165) is 0 Å². The van der Waals surface area contributed by atoms with E-state index in [0.29, 0.717) is 12.4 Å². The van der Waals surface area contributed by atoms with Crippen LogP contribution in [-0.2, 0) is 0 Å². The summed E-state index contributed by atoms with van der Waals surface area (Å²) >= 11 is 0. The van der Waals surface area contributed by atoms with Gasteiger partial charge in [-0.15, -0.1) is 0 Å². The van der Waals surface area contributed by atoms with Gasteiger partial charge in [-0.1, -0.05) is 6.07 Å². The maximum atomic E-state index is 13.5. The van der Waals surface area contributed by atoms with E-state index in [-0.39, 0.29) is 11.9 Å². The fraction of sp³-hybridized carbons (Fsp3) is 0.154. The van der Waals surface area contributed by atoms with Gasteiger partial charge >= 0.3 is 0 Å². The Morgan fingerprint density at radius 2 is 1.60 bits per heavy atom. The monoisotopic (exact) mass is 285 g/mol. The molecular formula is C13H11F4N3. The standard InChI is InChI=1S/C13H11F4N3/c1-2-18-9-4-3-5-10(19-9)20-13-11(16)7(14)6-8(15)12(13)17/h3-6H,2H2,1H3,(H2,18,19,20). The number of halogens is 4. The van der Waals surface area contributed by atoms with Gasteiger partial charge in [-0.25, -0.2) is 22.5 Å². The van der Waals surface area contributed by atoms with Crippen molar-refractivity contribution >= 4 is 17.3 Å². The highest BCUT2D eigenvalue weighted by atomic mass is 19.2. The van der Waals surface area contributed by atoms with Crippen LogP contribution in [0.5, 0.6) is 0 Å². The molecule has 20 heavy (non-hydrogen) atoms. The van der Waals surface area contributed by atoms with Gasteiger partial charge in [0.25, 0.3) is 0 Å². The summed E-state index contributed by atoms with van der Waals surface area (Å²) in [6, 6.07) is 4.80. The lowest BCUT2D eigenvalue weighted by atomic mass is 10.2. The van der Waals surface area contributed by atoms with Crippen LogP contribution in [0.3, 0.4) is 0 Å². The first-order chi connectivity index (χ1) is 9.52. The minimum atomic E-state index is -1.50. The molecule has 0 aliphatic heterocycles. The second-order valence-electron chi connectivity index (χ2n) is 3.91. The molecule has 1 heterocycles. The third-order valence-corrected chi connectivity index (χ3v) is 2.47. The topological polar surface area (TPSA) is 37.0 Å². The molecule has 2 rings (SSSR count). The molecule has 2 aromatic rings. The molecule has 0 aliphatic carbocycles. The van der Waals surface area contributed by atoms with Crippen LogP contribution in [0.2, 0.25) is 0 Å². The van der Waals surface area contributed by atoms with Crippen LogP contribution in [0.1, 0.15) is 6.92 Å². The first-order valence-corrected chi connectivity index (χ1v) is 5.84. The van der Waals surface area contributed by atoms with Crippen molar-refractivity contribution in [3.8, 4) is 0 Å². The zero-order valence-electron chi connectivity index (χ0n) is 10.5. The summed E-state index contributed by atoms with van der Waals surface area (Å²) in [4.78, 5) is 4.00. The fourth-order valence-electron chi connectivity index (χ4n) is 1.59. The van der Waals surface area contributed by atoms with Crippen LogP contribution in [0.15, 0.2) is 24.3 Å². The summed E-state index contributed by atoms with van der Waals surface area (Å²) in [5.41, 5.74) is -0.913. The molecule has 1 aromatic carbocycles. The van der Waals surface area contributed by atoms with E-state index in [1.165, 1.54) is 6.07 Å². The molecule has 0 atom stereocenters. The highest BCUT2D eigenvalue weighted by Crippen LogP contribution is 2.27. The minimum Gasteiger partial charge on any atom is -0.370 e. The largest absolute Gasteiger partial charge is 0.370 e. The Kier molecular flexibility index (Phi) is 4.07. The molecule has 0 saturated heterocycles. The molecular weight excluding hydrogens is 274 g/mol. The Hall–Kier alpha value is -2.31. The van der Waals surface area contributed by atoms with Gasteiger partial charge in [-0.2, -0.15) is 0 Å². The molecule has 0 spiro atoms. The van der Waals surface area contributed by atoms with Crippen molar-refractivity contribution in [2.75, 3.05) is 17.2 Å². The molecule has 1 aromatic heterocycles. The van der Waals surface area contributed by atoms with Crippen LogP contribution in [0, 0.1) is 23.3 Å². The number of benzene rings is 1. The normalized spacial score (nSPS) is 10.4. The summed E-state index contributed by atoms with van der Waals surface area (Å²) in [5.74, 6) is -5.43. The zero-order chi connectivity index (χ0) is 14.7. The number of hydrogen-bond donors (Lipinski definition) is 2. The van der Waals surface area contributed by atoms with Crippen LogP contribution in [0.4, 0.5) is 34.9 Å². The smallest absolute Gasteiger partial charge is 0.185 e. The maximum absolute atomic E-state index is 13.5. The maximum Gasteiger partial charge on any atom is 0.185 e. The van der Waals surface area contributed by atoms with E-state index in [1.54, 1.807) is 12.1 Å². The first kappa shape index (κ1) is 14.1. The SMILES string of the molecule is CCNc1cccc(Nc2c(F)c(F)cc(F)c2F)n1. The third-order valence-electron chi connectivity index (χ3n) is 2.47. The van der Waals surface area contributed by atoms with Crippen LogP contribution >= 0.6 is 0 Å². The number of hydrogen-bond acceptors (Lipinski definition) is 3. The summed E-state index contributed by atoms with van der Waals surface area (Å²) in [7, 11) is 0. The van der Waals surface area contributed by atoms with Crippen LogP contribution in [-0.4, -0.2) is 11.5 Å². The van der Waals surface area contributed by atoms with Crippen molar-refractivity contribution in [2.24, 2.45) is 0 Å². The predicted molar refractivity (Wildman–Crippen MR) is 68.0 cm³/mol. The number of anilines is 3. The van der Waals surface area contributed by atoms with Crippen molar-refractivity contribution < 1.29 is 17.6 Å². The lowest BCUT2D eigenvalue weighted by Gasteiger charge is -2.10. The quantitative estimate of drug-likeness (QED) is 0.662. The number of nitrogens with one attached hydrogen (secondary N) is 2. The fourth-order valence-corrected chi connectivity index (χ4v) is 1.59. The number of pyridine rings is 1. The minimum absolute atomic E-state index is 0.0613. The van der Waals surface area contributed by atoms with Crippen LogP contribution < -0.4 is 10.6 Å². The summed E-state index contributed by atoms with van der Waals surface area (Å²) in [5, 5.41) is 5.14. The van der Waals surface area contributed by atoms with E-state index in [1.807, 2.05) is 6.92 Å². The zero-order valence-corrected chi connectivity index (χ0v) is 10.5. The predicted octanol–water partition coefficient (Wildman–Crippen LogP) is 3.81. The number of rotatable bonds is 4. The summed E-state index contributed by atoms with van der Waals surface area (Å²) in [6.07, 6.45) is 0. The van der Waals surface area contributed by atoms with Crippen molar-refractivity contribution in [3.05, 3.63) is 47.5 Å². The van der Waals surface area contributed by atoms with Gasteiger partial charge in [0.2, 0.25) is 0 Å².